The van der Waals surface area contributed by atoms with E-state index in [1.54, 1.807) is 11.8 Å². The largest absolute Gasteiger partial charge is 0.399 e. The molecule has 0 aliphatic carbocycles. The zero-order chi connectivity index (χ0) is 8.97. The number of rotatable bonds is 3. The first kappa shape index (κ1) is 9.42. The summed E-state index contributed by atoms with van der Waals surface area (Å²) in [5.74, 6) is 0. The average Bonchev–Trinajstić information content (AvgIpc) is 2.04. The lowest BCUT2D eigenvalue weighted by Gasteiger charge is -2.07. The molecule has 0 fully saturated rings. The number of nitrogens with two attached hydrogens (primary N) is 2. The summed E-state index contributed by atoms with van der Waals surface area (Å²) in [6.45, 7) is 2.80. The molecule has 1 atom stereocenters. The summed E-state index contributed by atoms with van der Waals surface area (Å²) in [7, 11) is 0. The van der Waals surface area contributed by atoms with Crippen LogP contribution in [0, 0.1) is 0 Å². The molecule has 0 aliphatic rings. The summed E-state index contributed by atoms with van der Waals surface area (Å²) in [5.41, 5.74) is 11.9. The maximum absolute atomic E-state index is 5.63. The van der Waals surface area contributed by atoms with E-state index in [2.05, 4.69) is 6.92 Å². The van der Waals surface area contributed by atoms with Crippen LogP contribution in [-0.2, 0) is 0 Å². The summed E-state index contributed by atoms with van der Waals surface area (Å²) in [5, 5.41) is 0.451. The minimum Gasteiger partial charge on any atom is -0.399 e. The Kier molecular flexibility index (Phi) is 3.44. The molecular weight excluding hydrogens is 168 g/mol. The Morgan fingerprint density at radius 3 is 2.83 bits per heavy atom. The maximum Gasteiger partial charge on any atom is 0.0325 e. The Morgan fingerprint density at radius 1 is 1.50 bits per heavy atom. The maximum atomic E-state index is 5.63. The fraction of sp³-hybridized carbons (Fsp3) is 0.333. The zero-order valence-corrected chi connectivity index (χ0v) is 7.97. The normalized spacial score (nSPS) is 12.8. The molecule has 0 spiro atoms. The van der Waals surface area contributed by atoms with E-state index < -0.39 is 0 Å². The van der Waals surface area contributed by atoms with Gasteiger partial charge in [-0.05, 0) is 18.2 Å². The molecule has 66 valence electrons. The Labute approximate surface area is 77.3 Å². The SMILES string of the molecule is CC(CN)Sc1cccc(N)c1. The van der Waals surface area contributed by atoms with Crippen molar-refractivity contribution in [1.29, 1.82) is 0 Å². The van der Waals surface area contributed by atoms with Gasteiger partial charge in [0.2, 0.25) is 0 Å². The number of benzene rings is 1. The van der Waals surface area contributed by atoms with Crippen molar-refractivity contribution in [2.24, 2.45) is 5.73 Å². The molecule has 0 saturated carbocycles. The fourth-order valence-electron chi connectivity index (χ4n) is 0.868. The highest BCUT2D eigenvalue weighted by Gasteiger charge is 2.00. The number of hydrogen-bond donors (Lipinski definition) is 2. The van der Waals surface area contributed by atoms with Gasteiger partial charge in [0.15, 0.2) is 0 Å². The van der Waals surface area contributed by atoms with Crippen LogP contribution in [0.1, 0.15) is 6.92 Å². The molecule has 3 heteroatoms. The highest BCUT2D eigenvalue weighted by molar-refractivity contribution is 8.00. The lowest BCUT2D eigenvalue weighted by molar-refractivity contribution is 0.951. The predicted octanol–water partition coefficient (Wildman–Crippen LogP) is 1.71. The monoisotopic (exact) mass is 182 g/mol. The highest BCUT2D eigenvalue weighted by Crippen LogP contribution is 2.23. The summed E-state index contributed by atoms with van der Waals surface area (Å²) in [6, 6.07) is 7.86. The van der Waals surface area contributed by atoms with E-state index in [1.807, 2.05) is 24.3 Å². The Balaban J connectivity index is 2.63. The molecule has 0 aromatic heterocycles. The molecule has 0 amide bonds. The molecular formula is C9H14N2S. The topological polar surface area (TPSA) is 52.0 Å². The van der Waals surface area contributed by atoms with Crippen molar-refractivity contribution >= 4 is 17.4 Å². The van der Waals surface area contributed by atoms with Crippen molar-refractivity contribution in [3.05, 3.63) is 24.3 Å². The molecule has 1 rings (SSSR count). The second-order valence-corrected chi connectivity index (χ2v) is 4.25. The molecule has 0 radical (unpaired) electrons. The van der Waals surface area contributed by atoms with Crippen LogP contribution in [0.15, 0.2) is 29.2 Å². The molecule has 0 aliphatic heterocycles. The number of thioether (sulfide) groups is 1. The van der Waals surface area contributed by atoms with Crippen LogP contribution in [0.2, 0.25) is 0 Å². The Morgan fingerprint density at radius 2 is 2.25 bits per heavy atom. The van der Waals surface area contributed by atoms with Gasteiger partial charge in [0.25, 0.3) is 0 Å². The third kappa shape index (κ3) is 2.75. The van der Waals surface area contributed by atoms with Gasteiger partial charge in [-0.1, -0.05) is 13.0 Å². The molecule has 0 bridgehead atoms. The van der Waals surface area contributed by atoms with Gasteiger partial charge in [-0.15, -0.1) is 11.8 Å². The van der Waals surface area contributed by atoms with Crippen LogP contribution in [-0.4, -0.2) is 11.8 Å². The van der Waals surface area contributed by atoms with Gasteiger partial charge < -0.3 is 11.5 Å². The second kappa shape index (κ2) is 4.38. The van der Waals surface area contributed by atoms with Gasteiger partial charge in [-0.2, -0.15) is 0 Å². The van der Waals surface area contributed by atoms with Crippen LogP contribution < -0.4 is 11.5 Å². The van der Waals surface area contributed by atoms with Gasteiger partial charge >= 0.3 is 0 Å². The average molecular weight is 182 g/mol. The van der Waals surface area contributed by atoms with Crippen molar-refractivity contribution in [1.82, 2.24) is 0 Å². The predicted molar refractivity (Wildman–Crippen MR) is 55.2 cm³/mol. The number of anilines is 1. The molecule has 1 unspecified atom stereocenters. The van der Waals surface area contributed by atoms with Crippen LogP contribution in [0.5, 0.6) is 0 Å². The second-order valence-electron chi connectivity index (χ2n) is 2.74. The molecule has 0 heterocycles. The third-order valence-electron chi connectivity index (χ3n) is 1.53. The quantitative estimate of drug-likeness (QED) is 0.552. The Bertz CT molecular complexity index is 250. The summed E-state index contributed by atoms with van der Waals surface area (Å²) < 4.78 is 0. The third-order valence-corrected chi connectivity index (χ3v) is 2.65. The van der Waals surface area contributed by atoms with E-state index in [-0.39, 0.29) is 0 Å². The minimum absolute atomic E-state index is 0.451. The van der Waals surface area contributed by atoms with E-state index >= 15 is 0 Å². The highest BCUT2D eigenvalue weighted by atomic mass is 32.2. The van der Waals surface area contributed by atoms with Crippen molar-refractivity contribution < 1.29 is 0 Å². The van der Waals surface area contributed by atoms with E-state index in [0.29, 0.717) is 11.8 Å². The Hall–Kier alpha value is -0.670. The summed E-state index contributed by atoms with van der Waals surface area (Å²) in [4.78, 5) is 1.19. The van der Waals surface area contributed by atoms with Crippen molar-refractivity contribution in [3.63, 3.8) is 0 Å². The van der Waals surface area contributed by atoms with Gasteiger partial charge in [0.1, 0.15) is 0 Å². The van der Waals surface area contributed by atoms with Crippen molar-refractivity contribution in [3.8, 4) is 0 Å². The van der Waals surface area contributed by atoms with E-state index in [0.717, 1.165) is 5.69 Å². The molecule has 4 N–H and O–H groups in total. The molecule has 2 nitrogen and oxygen atoms in total. The zero-order valence-electron chi connectivity index (χ0n) is 7.16. The summed E-state index contributed by atoms with van der Waals surface area (Å²) >= 11 is 1.75. The minimum atomic E-state index is 0.451. The summed E-state index contributed by atoms with van der Waals surface area (Å²) in [6.07, 6.45) is 0. The van der Waals surface area contributed by atoms with Gasteiger partial charge in [-0.3, -0.25) is 0 Å². The van der Waals surface area contributed by atoms with Crippen molar-refractivity contribution in [2.45, 2.75) is 17.1 Å². The van der Waals surface area contributed by atoms with Crippen LogP contribution in [0.25, 0.3) is 0 Å². The van der Waals surface area contributed by atoms with Gasteiger partial charge in [-0.25, -0.2) is 0 Å². The number of hydrogen-bond acceptors (Lipinski definition) is 3. The van der Waals surface area contributed by atoms with E-state index in [9.17, 15) is 0 Å². The van der Waals surface area contributed by atoms with E-state index in [1.165, 1.54) is 4.90 Å². The molecule has 1 aromatic carbocycles. The van der Waals surface area contributed by atoms with Gasteiger partial charge in [0.05, 0.1) is 0 Å². The first-order valence-corrected chi connectivity index (χ1v) is 4.82. The smallest absolute Gasteiger partial charge is 0.0325 e. The molecule has 12 heavy (non-hydrogen) atoms. The van der Waals surface area contributed by atoms with Gasteiger partial charge in [0, 0.05) is 22.4 Å². The van der Waals surface area contributed by atoms with Crippen LogP contribution >= 0.6 is 11.8 Å². The first-order chi connectivity index (χ1) is 5.72. The standard InChI is InChI=1S/C9H14N2S/c1-7(6-10)12-9-4-2-3-8(11)5-9/h2-5,7H,6,10-11H2,1H3. The van der Waals surface area contributed by atoms with Crippen LogP contribution in [0.3, 0.4) is 0 Å². The fourth-order valence-corrected chi connectivity index (χ4v) is 1.79. The lowest BCUT2D eigenvalue weighted by Crippen LogP contribution is -2.12. The van der Waals surface area contributed by atoms with Crippen LogP contribution in [0.4, 0.5) is 5.69 Å². The molecule has 1 aromatic rings. The lowest BCUT2D eigenvalue weighted by atomic mass is 10.3. The van der Waals surface area contributed by atoms with Crippen molar-refractivity contribution in [2.75, 3.05) is 12.3 Å². The first-order valence-electron chi connectivity index (χ1n) is 3.94. The molecule has 0 saturated heterocycles. The van der Waals surface area contributed by atoms with E-state index in [4.69, 9.17) is 11.5 Å². The number of nitrogen functional groups attached to an aromatic ring is 1.